The predicted molar refractivity (Wildman–Crippen MR) is 63.8 cm³/mol. The van der Waals surface area contributed by atoms with Gasteiger partial charge in [-0.25, -0.2) is 9.18 Å². The Kier molecular flexibility index (Phi) is 4.04. The first-order valence-electron chi connectivity index (χ1n) is 5.56. The second-order valence-electron chi connectivity index (χ2n) is 3.99. The molecule has 1 amide bonds. The van der Waals surface area contributed by atoms with E-state index < -0.39 is 12.2 Å². The van der Waals surface area contributed by atoms with Crippen molar-refractivity contribution in [3.05, 3.63) is 35.1 Å². The first-order valence-corrected chi connectivity index (χ1v) is 5.99. The third kappa shape index (κ3) is 2.73. The van der Waals surface area contributed by atoms with Gasteiger partial charge in [0.15, 0.2) is 0 Å². The second-order valence-corrected chi connectivity index (χ2v) is 4.52. The fourth-order valence-corrected chi connectivity index (χ4v) is 2.30. The van der Waals surface area contributed by atoms with Crippen LogP contribution in [0.15, 0.2) is 18.2 Å². The van der Waals surface area contributed by atoms with Crippen molar-refractivity contribution in [1.29, 1.82) is 0 Å². The van der Waals surface area contributed by atoms with Gasteiger partial charge in [0.05, 0.1) is 24.7 Å². The third-order valence-electron chi connectivity index (χ3n) is 2.81. The van der Waals surface area contributed by atoms with Crippen molar-refractivity contribution in [3.8, 4) is 0 Å². The highest BCUT2D eigenvalue weighted by Crippen LogP contribution is 2.38. The zero-order valence-corrected chi connectivity index (χ0v) is 10.3. The van der Waals surface area contributed by atoms with Gasteiger partial charge in [0.2, 0.25) is 0 Å². The Morgan fingerprint density at radius 1 is 1.61 bits per heavy atom. The predicted octanol–water partition coefficient (Wildman–Crippen LogP) is 2.66. The Morgan fingerprint density at radius 3 is 3.11 bits per heavy atom. The number of alkyl halides is 1. The number of fused-ring (bicyclic) bond motifs is 1. The van der Waals surface area contributed by atoms with Crippen LogP contribution in [0.4, 0.5) is 9.18 Å². The van der Waals surface area contributed by atoms with Crippen molar-refractivity contribution >= 4 is 17.7 Å². The van der Waals surface area contributed by atoms with Crippen LogP contribution in [0.1, 0.15) is 29.0 Å². The molecule has 0 spiro atoms. The molecule has 0 saturated heterocycles. The molecule has 1 aromatic carbocycles. The van der Waals surface area contributed by atoms with E-state index in [9.17, 15) is 9.18 Å². The lowest BCUT2D eigenvalue weighted by molar-refractivity contribution is 0.0182. The molecule has 0 radical (unpaired) electrons. The zero-order chi connectivity index (χ0) is 13.1. The fraction of sp³-hybridized carbons (Fsp3) is 0.417. The maximum atomic E-state index is 13.8. The molecule has 1 aliphatic heterocycles. The fourth-order valence-electron chi connectivity index (χ4n) is 2.03. The van der Waals surface area contributed by atoms with Gasteiger partial charge in [0.1, 0.15) is 5.82 Å². The molecule has 0 saturated carbocycles. The Labute approximate surface area is 109 Å². The minimum Gasteiger partial charge on any atom is -0.450 e. The molecule has 2 rings (SSSR count). The van der Waals surface area contributed by atoms with E-state index in [4.69, 9.17) is 22.1 Å². The number of halogens is 2. The molecule has 2 atom stereocenters. The van der Waals surface area contributed by atoms with Gasteiger partial charge >= 0.3 is 6.09 Å². The third-order valence-corrected chi connectivity index (χ3v) is 3.18. The maximum absolute atomic E-state index is 13.8. The molecule has 98 valence electrons. The molecule has 4 nitrogen and oxygen atoms in total. The monoisotopic (exact) mass is 273 g/mol. The zero-order valence-electron chi connectivity index (χ0n) is 9.57. The molecule has 0 bridgehead atoms. The SMILES string of the molecule is NC(=O)OCCC1OC[C@@H](Cl)c2cccc(F)c21. The van der Waals surface area contributed by atoms with Gasteiger partial charge in [-0.05, 0) is 11.6 Å². The summed E-state index contributed by atoms with van der Waals surface area (Å²) < 4.78 is 23.9. The number of ether oxygens (including phenoxy) is 2. The number of primary amides is 1. The summed E-state index contributed by atoms with van der Waals surface area (Å²) in [6, 6.07) is 4.76. The Balaban J connectivity index is 2.15. The van der Waals surface area contributed by atoms with E-state index in [2.05, 4.69) is 4.74 Å². The van der Waals surface area contributed by atoms with Gasteiger partial charge in [-0.3, -0.25) is 0 Å². The molecule has 2 N–H and O–H groups in total. The summed E-state index contributed by atoms with van der Waals surface area (Å²) >= 11 is 6.07. The van der Waals surface area contributed by atoms with Gasteiger partial charge in [-0.1, -0.05) is 12.1 Å². The standard InChI is InChI=1S/C12H13ClFNO3/c13-8-6-18-10(4-5-17-12(15)16)11-7(8)2-1-3-9(11)14/h1-3,8,10H,4-6H2,(H2,15,16)/t8-,10?/m1/s1. The topological polar surface area (TPSA) is 61.6 Å². The number of carbonyl (C=O) groups is 1. The summed E-state index contributed by atoms with van der Waals surface area (Å²) in [6.45, 7) is 0.389. The average molecular weight is 274 g/mol. The molecule has 1 heterocycles. The van der Waals surface area contributed by atoms with E-state index >= 15 is 0 Å². The minimum atomic E-state index is -0.852. The first-order chi connectivity index (χ1) is 8.59. The number of benzene rings is 1. The van der Waals surface area contributed by atoms with Gasteiger partial charge in [-0.15, -0.1) is 11.6 Å². The van der Waals surface area contributed by atoms with Gasteiger partial charge < -0.3 is 15.2 Å². The molecule has 0 aromatic heterocycles. The van der Waals surface area contributed by atoms with Crippen LogP contribution in [0.25, 0.3) is 0 Å². The molecule has 1 aliphatic rings. The minimum absolute atomic E-state index is 0.0841. The highest BCUT2D eigenvalue weighted by Gasteiger charge is 2.29. The summed E-state index contributed by atoms with van der Waals surface area (Å²) in [6.07, 6.45) is -0.967. The van der Waals surface area contributed by atoms with Gasteiger partial charge in [0.25, 0.3) is 0 Å². The average Bonchev–Trinajstić information content (AvgIpc) is 2.32. The number of nitrogens with two attached hydrogens (primary N) is 1. The Morgan fingerprint density at radius 2 is 2.39 bits per heavy atom. The van der Waals surface area contributed by atoms with Crippen molar-refractivity contribution in [3.63, 3.8) is 0 Å². The van der Waals surface area contributed by atoms with Crippen LogP contribution in [0.3, 0.4) is 0 Å². The smallest absolute Gasteiger partial charge is 0.404 e. The molecule has 6 heteroatoms. The van der Waals surface area contributed by atoms with Crippen molar-refractivity contribution < 1.29 is 18.7 Å². The number of hydrogen-bond acceptors (Lipinski definition) is 3. The Bertz CT molecular complexity index is 455. The van der Waals surface area contributed by atoms with E-state index in [1.54, 1.807) is 12.1 Å². The largest absolute Gasteiger partial charge is 0.450 e. The second kappa shape index (κ2) is 5.54. The van der Waals surface area contributed by atoms with Crippen LogP contribution >= 0.6 is 11.6 Å². The molecule has 18 heavy (non-hydrogen) atoms. The lowest BCUT2D eigenvalue weighted by Gasteiger charge is -2.29. The highest BCUT2D eigenvalue weighted by molar-refractivity contribution is 6.21. The van der Waals surface area contributed by atoms with E-state index in [0.717, 1.165) is 5.56 Å². The summed E-state index contributed by atoms with van der Waals surface area (Å²) in [4.78, 5) is 10.5. The van der Waals surface area contributed by atoms with Crippen LogP contribution < -0.4 is 5.73 Å². The quantitative estimate of drug-likeness (QED) is 0.861. The number of rotatable bonds is 3. The van der Waals surface area contributed by atoms with E-state index in [1.807, 2.05) is 0 Å². The highest BCUT2D eigenvalue weighted by atomic mass is 35.5. The molecule has 1 unspecified atom stereocenters. The summed E-state index contributed by atoms with van der Waals surface area (Å²) in [5.41, 5.74) is 6.03. The summed E-state index contributed by atoms with van der Waals surface area (Å²) in [7, 11) is 0. The van der Waals surface area contributed by atoms with Crippen molar-refractivity contribution in [2.24, 2.45) is 5.73 Å². The molecule has 0 aliphatic carbocycles. The molecular formula is C12H13ClFNO3. The van der Waals surface area contributed by atoms with Crippen LogP contribution in [0.5, 0.6) is 0 Å². The van der Waals surface area contributed by atoms with Gasteiger partial charge in [-0.2, -0.15) is 0 Å². The molecule has 1 aromatic rings. The van der Waals surface area contributed by atoms with E-state index in [-0.39, 0.29) is 17.8 Å². The van der Waals surface area contributed by atoms with Gasteiger partial charge in [0, 0.05) is 12.0 Å². The van der Waals surface area contributed by atoms with E-state index in [1.165, 1.54) is 6.07 Å². The van der Waals surface area contributed by atoms with Crippen LogP contribution in [0.2, 0.25) is 0 Å². The van der Waals surface area contributed by atoms with E-state index in [0.29, 0.717) is 18.6 Å². The lowest BCUT2D eigenvalue weighted by atomic mass is 9.95. The van der Waals surface area contributed by atoms with Crippen molar-refractivity contribution in [2.45, 2.75) is 17.9 Å². The van der Waals surface area contributed by atoms with Crippen LogP contribution in [-0.2, 0) is 9.47 Å². The lowest BCUT2D eigenvalue weighted by Crippen LogP contribution is -2.22. The number of carbonyl (C=O) groups excluding carboxylic acids is 1. The summed E-state index contributed by atoms with van der Waals surface area (Å²) in [5.74, 6) is -0.359. The summed E-state index contributed by atoms with van der Waals surface area (Å²) in [5, 5.41) is -0.357. The molecule has 0 fully saturated rings. The van der Waals surface area contributed by atoms with Crippen molar-refractivity contribution in [1.82, 2.24) is 0 Å². The van der Waals surface area contributed by atoms with Crippen molar-refractivity contribution in [2.75, 3.05) is 13.2 Å². The number of amides is 1. The Hall–Kier alpha value is -1.33. The normalized spacial score (nSPS) is 22.3. The van der Waals surface area contributed by atoms with Crippen LogP contribution in [-0.4, -0.2) is 19.3 Å². The van der Waals surface area contributed by atoms with Crippen LogP contribution in [0, 0.1) is 5.82 Å². The maximum Gasteiger partial charge on any atom is 0.404 e. The number of hydrogen-bond donors (Lipinski definition) is 1. The first kappa shape index (κ1) is 13.1. The molecular weight excluding hydrogens is 261 g/mol.